The van der Waals surface area contributed by atoms with E-state index < -0.39 is 27.9 Å². The fourth-order valence-corrected chi connectivity index (χ4v) is 3.03. The van der Waals surface area contributed by atoms with Gasteiger partial charge in [0, 0.05) is 6.42 Å². The van der Waals surface area contributed by atoms with Gasteiger partial charge in [0.2, 0.25) is 11.6 Å². The van der Waals surface area contributed by atoms with Crippen LogP contribution in [0, 0.1) is 18.6 Å². The molecule has 0 saturated carbocycles. The van der Waals surface area contributed by atoms with E-state index in [2.05, 4.69) is 0 Å². The number of ether oxygens (including phenoxy) is 2. The van der Waals surface area contributed by atoms with E-state index in [9.17, 15) is 17.2 Å². The molecule has 3 rings (SSSR count). The van der Waals surface area contributed by atoms with Crippen LogP contribution in [0.1, 0.15) is 11.1 Å². The molecular formula is C16H14F2O5S. The molecule has 1 N–H and O–H groups in total. The molecule has 5 nitrogen and oxygen atoms in total. The minimum atomic E-state index is -4.33. The summed E-state index contributed by atoms with van der Waals surface area (Å²) in [6.45, 7) is 1.87. The molecule has 0 spiro atoms. The summed E-state index contributed by atoms with van der Waals surface area (Å²) in [6.07, 6.45) is -0.408. The van der Waals surface area contributed by atoms with Crippen LogP contribution in [-0.4, -0.2) is 25.7 Å². The molecule has 24 heavy (non-hydrogen) atoms. The lowest BCUT2D eigenvalue weighted by atomic mass is 10.0. The van der Waals surface area contributed by atoms with Crippen LogP contribution in [-0.2, 0) is 16.5 Å². The van der Waals surface area contributed by atoms with Crippen molar-refractivity contribution in [3.63, 3.8) is 0 Å². The zero-order chi connectivity index (χ0) is 17.5. The third-order valence-electron chi connectivity index (χ3n) is 3.79. The van der Waals surface area contributed by atoms with E-state index in [-0.39, 0.29) is 29.4 Å². The maximum absolute atomic E-state index is 13.8. The monoisotopic (exact) mass is 356 g/mol. The summed E-state index contributed by atoms with van der Waals surface area (Å²) in [5.74, 6) is -2.34. The Labute approximate surface area is 137 Å². The lowest BCUT2D eigenvalue weighted by Gasteiger charge is -2.27. The molecule has 1 heterocycles. The minimum Gasteiger partial charge on any atom is -0.486 e. The summed E-state index contributed by atoms with van der Waals surface area (Å²) in [5, 5.41) is 0. The van der Waals surface area contributed by atoms with Crippen LogP contribution in [0.5, 0.6) is 11.5 Å². The molecule has 0 aliphatic carbocycles. The van der Waals surface area contributed by atoms with Gasteiger partial charge in [0.25, 0.3) is 10.1 Å². The van der Waals surface area contributed by atoms with Crippen LogP contribution >= 0.6 is 0 Å². The van der Waals surface area contributed by atoms with Gasteiger partial charge in [0.15, 0.2) is 11.6 Å². The van der Waals surface area contributed by atoms with Gasteiger partial charge >= 0.3 is 0 Å². The van der Waals surface area contributed by atoms with Crippen LogP contribution in [0.25, 0.3) is 0 Å². The highest BCUT2D eigenvalue weighted by atomic mass is 32.2. The summed E-state index contributed by atoms with van der Waals surface area (Å²) >= 11 is 0. The van der Waals surface area contributed by atoms with Crippen molar-refractivity contribution in [3.8, 4) is 11.5 Å². The molecule has 1 aliphatic rings. The third-order valence-corrected chi connectivity index (χ3v) is 4.64. The van der Waals surface area contributed by atoms with Gasteiger partial charge in [0.05, 0.1) is 4.90 Å². The summed E-state index contributed by atoms with van der Waals surface area (Å²) in [4.78, 5) is -0.238. The Morgan fingerprint density at radius 2 is 2.00 bits per heavy atom. The zero-order valence-corrected chi connectivity index (χ0v) is 13.4. The Kier molecular flexibility index (Phi) is 4.18. The number of fused-ring (bicyclic) bond motifs is 1. The van der Waals surface area contributed by atoms with E-state index in [0.29, 0.717) is 5.56 Å². The van der Waals surface area contributed by atoms with Crippen molar-refractivity contribution in [2.24, 2.45) is 0 Å². The van der Waals surface area contributed by atoms with Gasteiger partial charge in [-0.1, -0.05) is 6.07 Å². The van der Waals surface area contributed by atoms with E-state index in [1.165, 1.54) is 18.2 Å². The predicted molar refractivity (Wildman–Crippen MR) is 81.0 cm³/mol. The first-order valence-electron chi connectivity index (χ1n) is 7.10. The molecule has 0 fully saturated rings. The Morgan fingerprint density at radius 3 is 2.71 bits per heavy atom. The van der Waals surface area contributed by atoms with Crippen molar-refractivity contribution >= 4 is 10.1 Å². The first-order chi connectivity index (χ1) is 11.3. The van der Waals surface area contributed by atoms with Crippen LogP contribution in [0.4, 0.5) is 8.78 Å². The van der Waals surface area contributed by atoms with Crippen LogP contribution in [0.15, 0.2) is 35.2 Å². The Morgan fingerprint density at radius 1 is 1.25 bits per heavy atom. The average Bonchev–Trinajstić information content (AvgIpc) is 2.52. The third kappa shape index (κ3) is 3.20. The predicted octanol–water partition coefficient (Wildman–Crippen LogP) is 2.90. The molecule has 128 valence electrons. The van der Waals surface area contributed by atoms with E-state index in [1.807, 2.05) is 0 Å². The van der Waals surface area contributed by atoms with Crippen LogP contribution < -0.4 is 9.47 Å². The van der Waals surface area contributed by atoms with Crippen LogP contribution in [0.2, 0.25) is 0 Å². The molecule has 1 atom stereocenters. The molecule has 2 aromatic carbocycles. The molecule has 0 bridgehead atoms. The number of benzene rings is 2. The molecule has 0 amide bonds. The second kappa shape index (κ2) is 6.03. The maximum atomic E-state index is 13.8. The second-order valence-electron chi connectivity index (χ2n) is 5.51. The van der Waals surface area contributed by atoms with Gasteiger partial charge in [-0.05, 0) is 42.3 Å². The van der Waals surface area contributed by atoms with Gasteiger partial charge in [-0.3, -0.25) is 4.55 Å². The SMILES string of the molecule is Cc1ccc(S(=O)(=O)O)cc1C[C@@H]1COc2ccc(F)c(F)c2O1. The van der Waals surface area contributed by atoms with E-state index in [1.54, 1.807) is 13.0 Å². The molecule has 0 saturated heterocycles. The Bertz CT molecular complexity index is 896. The van der Waals surface area contributed by atoms with Crippen molar-refractivity contribution < 1.29 is 31.2 Å². The van der Waals surface area contributed by atoms with Gasteiger partial charge in [-0.2, -0.15) is 12.8 Å². The fourth-order valence-electron chi connectivity index (χ4n) is 2.50. The molecule has 1 aliphatic heterocycles. The summed E-state index contributed by atoms with van der Waals surface area (Å²) in [5.41, 5.74) is 1.37. The lowest BCUT2D eigenvalue weighted by molar-refractivity contribution is 0.0844. The smallest absolute Gasteiger partial charge is 0.294 e. The van der Waals surface area contributed by atoms with Gasteiger partial charge in [0.1, 0.15) is 12.7 Å². The summed E-state index contributed by atoms with van der Waals surface area (Å²) in [7, 11) is -4.33. The fraction of sp³-hybridized carbons (Fsp3) is 0.250. The topological polar surface area (TPSA) is 72.8 Å². The molecule has 0 aromatic heterocycles. The average molecular weight is 356 g/mol. The summed E-state index contributed by atoms with van der Waals surface area (Å²) in [6, 6.07) is 6.41. The highest BCUT2D eigenvalue weighted by Gasteiger charge is 2.27. The number of halogens is 2. The van der Waals surface area contributed by atoms with Crippen molar-refractivity contribution in [2.45, 2.75) is 24.3 Å². The minimum absolute atomic E-state index is 0.105. The highest BCUT2D eigenvalue weighted by Crippen LogP contribution is 2.36. The first kappa shape index (κ1) is 16.7. The number of rotatable bonds is 3. The van der Waals surface area contributed by atoms with Gasteiger partial charge < -0.3 is 9.47 Å². The zero-order valence-electron chi connectivity index (χ0n) is 12.6. The van der Waals surface area contributed by atoms with E-state index in [4.69, 9.17) is 14.0 Å². The molecular weight excluding hydrogens is 342 g/mol. The van der Waals surface area contributed by atoms with E-state index in [0.717, 1.165) is 11.6 Å². The van der Waals surface area contributed by atoms with Crippen molar-refractivity contribution in [2.75, 3.05) is 6.61 Å². The maximum Gasteiger partial charge on any atom is 0.294 e. The number of aryl methyl sites for hydroxylation is 1. The van der Waals surface area contributed by atoms with E-state index >= 15 is 0 Å². The van der Waals surface area contributed by atoms with Crippen molar-refractivity contribution in [3.05, 3.63) is 53.1 Å². The van der Waals surface area contributed by atoms with Crippen molar-refractivity contribution in [1.82, 2.24) is 0 Å². The molecule has 2 aromatic rings. The summed E-state index contributed by atoms with van der Waals surface area (Å²) < 4.78 is 69.6. The highest BCUT2D eigenvalue weighted by molar-refractivity contribution is 7.85. The number of hydrogen-bond donors (Lipinski definition) is 1. The molecule has 0 unspecified atom stereocenters. The van der Waals surface area contributed by atoms with Gasteiger partial charge in [-0.15, -0.1) is 0 Å². The van der Waals surface area contributed by atoms with Gasteiger partial charge in [-0.25, -0.2) is 4.39 Å². The second-order valence-corrected chi connectivity index (χ2v) is 6.93. The molecule has 8 heteroatoms. The standard InChI is InChI=1S/C16H14F2O5S/c1-9-2-3-12(24(19,20)21)7-10(9)6-11-8-22-14-5-4-13(17)15(18)16(14)23-11/h2-5,7,11H,6,8H2,1H3,(H,19,20,21)/t11-/m1/s1. The largest absolute Gasteiger partial charge is 0.486 e. The normalized spacial score (nSPS) is 16.9. The van der Waals surface area contributed by atoms with Crippen molar-refractivity contribution in [1.29, 1.82) is 0 Å². The number of hydrogen-bond acceptors (Lipinski definition) is 4. The quantitative estimate of drug-likeness (QED) is 0.856. The lowest BCUT2D eigenvalue weighted by Crippen LogP contribution is -2.32. The molecule has 0 radical (unpaired) electrons. The Hall–Kier alpha value is -2.19. The van der Waals surface area contributed by atoms with Crippen LogP contribution in [0.3, 0.4) is 0 Å². The Balaban J connectivity index is 1.87. The first-order valence-corrected chi connectivity index (χ1v) is 8.54.